The van der Waals surface area contributed by atoms with Gasteiger partial charge in [0, 0.05) is 18.4 Å². The van der Waals surface area contributed by atoms with Crippen molar-refractivity contribution in [3.8, 4) is 11.8 Å². The van der Waals surface area contributed by atoms with Crippen molar-refractivity contribution in [1.82, 2.24) is 14.5 Å². The molecule has 0 radical (unpaired) electrons. The Morgan fingerprint density at radius 3 is 2.59 bits per heavy atom. The second-order valence-electron chi connectivity index (χ2n) is 7.52. The highest BCUT2D eigenvalue weighted by Crippen LogP contribution is 2.37. The number of amides is 1. The van der Waals surface area contributed by atoms with Gasteiger partial charge in [-0.2, -0.15) is 5.26 Å². The Morgan fingerprint density at radius 2 is 1.94 bits per heavy atom. The Labute approximate surface area is 194 Å². The maximum absolute atomic E-state index is 12.8. The summed E-state index contributed by atoms with van der Waals surface area (Å²) in [6.07, 6.45) is 2.03. The number of carbonyl (C=O) groups excluding carboxylic acids is 1. The van der Waals surface area contributed by atoms with Gasteiger partial charge in [-0.1, -0.05) is 12.1 Å². The van der Waals surface area contributed by atoms with E-state index in [1.165, 1.54) is 18.3 Å². The number of imidazole rings is 1. The van der Waals surface area contributed by atoms with E-state index < -0.39 is 7.82 Å². The van der Waals surface area contributed by atoms with Gasteiger partial charge in [0.15, 0.2) is 0 Å². The fourth-order valence-electron chi connectivity index (χ4n) is 3.39. The second-order valence-corrected chi connectivity index (χ2v) is 8.68. The van der Waals surface area contributed by atoms with E-state index in [-0.39, 0.29) is 11.7 Å². The number of rotatable bonds is 7. The van der Waals surface area contributed by atoms with Crippen LogP contribution >= 0.6 is 7.82 Å². The predicted molar refractivity (Wildman–Crippen MR) is 124 cm³/mol. The number of carbonyl (C=O) groups is 1. The number of phosphoric ester groups is 1. The Morgan fingerprint density at radius 1 is 1.18 bits per heavy atom. The molecule has 0 saturated heterocycles. The molecule has 34 heavy (non-hydrogen) atoms. The van der Waals surface area contributed by atoms with Gasteiger partial charge in [-0.25, -0.2) is 9.55 Å². The fraction of sp³-hybridized carbons (Fsp3) is 0.130. The van der Waals surface area contributed by atoms with E-state index >= 15 is 0 Å². The normalized spacial score (nSPS) is 11.2. The quantitative estimate of drug-likeness (QED) is 0.342. The summed E-state index contributed by atoms with van der Waals surface area (Å²) in [5.74, 6) is 0.0366. The number of anilines is 1. The topological polar surface area (TPSA) is 150 Å². The van der Waals surface area contributed by atoms with E-state index in [1.807, 2.05) is 11.5 Å². The molecule has 0 aliphatic carbocycles. The van der Waals surface area contributed by atoms with Crippen LogP contribution in [-0.4, -0.2) is 30.2 Å². The van der Waals surface area contributed by atoms with E-state index in [0.717, 1.165) is 16.8 Å². The van der Waals surface area contributed by atoms with Crippen LogP contribution in [0.4, 0.5) is 5.95 Å². The van der Waals surface area contributed by atoms with Crippen LogP contribution in [-0.2, 0) is 17.5 Å². The average Bonchev–Trinajstić information content (AvgIpc) is 3.13. The lowest BCUT2D eigenvalue weighted by molar-refractivity contribution is 0.102. The SMILES string of the molecule is Cc1ccc(C(=O)Nc2nc3cc(C#N)ccc3n2CCc2ccc(OP(=O)(O)O)cc2)cn1. The number of fused-ring (bicyclic) bond motifs is 1. The van der Waals surface area contributed by atoms with Crippen molar-refractivity contribution in [2.45, 2.75) is 19.9 Å². The lowest BCUT2D eigenvalue weighted by atomic mass is 10.1. The molecule has 0 spiro atoms. The van der Waals surface area contributed by atoms with Crippen LogP contribution in [0.25, 0.3) is 11.0 Å². The molecule has 0 aliphatic rings. The number of benzene rings is 2. The molecule has 1 amide bonds. The second kappa shape index (κ2) is 9.45. The third kappa shape index (κ3) is 5.47. The van der Waals surface area contributed by atoms with Gasteiger partial charge in [0.05, 0.1) is 28.2 Å². The molecule has 10 nitrogen and oxygen atoms in total. The first-order valence-corrected chi connectivity index (χ1v) is 11.7. The summed E-state index contributed by atoms with van der Waals surface area (Å²) in [7, 11) is -4.62. The Hall–Kier alpha value is -4.03. The lowest BCUT2D eigenvalue weighted by Gasteiger charge is -2.11. The first-order valence-electron chi connectivity index (χ1n) is 10.2. The first kappa shape index (κ1) is 23.1. The Bertz CT molecular complexity index is 1440. The number of nitrogens with zero attached hydrogens (tertiary/aromatic N) is 4. The van der Waals surface area contributed by atoms with Crippen molar-refractivity contribution in [3.05, 3.63) is 83.2 Å². The zero-order valence-electron chi connectivity index (χ0n) is 18.0. The number of aryl methyl sites for hydroxylation is 3. The standard InChI is InChI=1S/C23H20N5O5P/c1-15-2-6-18(14-25-15)22(29)27-23-26-20-12-17(13-24)5-9-21(20)28(23)11-10-16-3-7-19(8-4-16)33-34(30,31)32/h2-9,12,14H,10-11H2,1H3,(H,26,27,29)(H2,30,31,32). The van der Waals surface area contributed by atoms with Crippen molar-refractivity contribution in [1.29, 1.82) is 5.26 Å². The summed E-state index contributed by atoms with van der Waals surface area (Å²) >= 11 is 0. The molecule has 2 aromatic carbocycles. The summed E-state index contributed by atoms with van der Waals surface area (Å²) in [4.78, 5) is 39.3. The minimum absolute atomic E-state index is 0.0638. The van der Waals surface area contributed by atoms with E-state index in [2.05, 4.69) is 25.9 Å². The number of hydrogen-bond donors (Lipinski definition) is 3. The highest BCUT2D eigenvalue weighted by atomic mass is 31.2. The van der Waals surface area contributed by atoms with E-state index in [4.69, 9.17) is 9.79 Å². The van der Waals surface area contributed by atoms with Crippen LogP contribution in [0.15, 0.2) is 60.8 Å². The fourth-order valence-corrected chi connectivity index (χ4v) is 3.79. The van der Waals surface area contributed by atoms with Crippen LogP contribution in [0.2, 0.25) is 0 Å². The van der Waals surface area contributed by atoms with Gasteiger partial charge < -0.3 is 9.09 Å². The zero-order chi connectivity index (χ0) is 24.3. The molecule has 0 atom stereocenters. The van der Waals surface area contributed by atoms with E-state index in [1.54, 1.807) is 42.5 Å². The number of pyridine rings is 1. The Kier molecular flexibility index (Phi) is 6.43. The summed E-state index contributed by atoms with van der Waals surface area (Å²) < 4.78 is 17.4. The van der Waals surface area contributed by atoms with Crippen molar-refractivity contribution >= 4 is 30.7 Å². The minimum Gasteiger partial charge on any atom is -0.404 e. The summed E-state index contributed by atoms with van der Waals surface area (Å²) in [5, 5.41) is 12.0. The number of hydrogen-bond acceptors (Lipinski definition) is 6. The molecule has 2 aromatic heterocycles. The molecular weight excluding hydrogens is 457 g/mol. The van der Waals surface area contributed by atoms with Gasteiger partial charge in [0.2, 0.25) is 5.95 Å². The van der Waals surface area contributed by atoms with Crippen molar-refractivity contribution in [3.63, 3.8) is 0 Å². The average molecular weight is 477 g/mol. The molecule has 0 bridgehead atoms. The highest BCUT2D eigenvalue weighted by molar-refractivity contribution is 7.46. The van der Waals surface area contributed by atoms with E-state index in [9.17, 15) is 14.6 Å². The van der Waals surface area contributed by atoms with Crippen molar-refractivity contribution < 1.29 is 23.7 Å². The van der Waals surface area contributed by atoms with Gasteiger partial charge in [-0.15, -0.1) is 0 Å². The molecular formula is C23H20N5O5P. The van der Waals surface area contributed by atoms with Crippen LogP contribution in [0.3, 0.4) is 0 Å². The molecule has 4 aromatic rings. The first-order chi connectivity index (χ1) is 16.2. The number of aromatic nitrogens is 3. The van der Waals surface area contributed by atoms with Crippen molar-refractivity contribution in [2.75, 3.05) is 5.32 Å². The van der Waals surface area contributed by atoms with Gasteiger partial charge in [0.25, 0.3) is 5.91 Å². The van der Waals surface area contributed by atoms with Crippen molar-refractivity contribution in [2.24, 2.45) is 0 Å². The maximum Gasteiger partial charge on any atom is 0.524 e. The number of phosphoric acid groups is 1. The molecule has 2 heterocycles. The molecule has 172 valence electrons. The lowest BCUT2D eigenvalue weighted by Crippen LogP contribution is -2.17. The third-order valence-corrected chi connectivity index (χ3v) is 5.50. The van der Waals surface area contributed by atoms with Gasteiger partial charge in [0.1, 0.15) is 5.75 Å². The van der Waals surface area contributed by atoms with Gasteiger partial charge in [-0.05, 0) is 61.4 Å². The Balaban J connectivity index is 1.60. The maximum atomic E-state index is 12.8. The highest BCUT2D eigenvalue weighted by Gasteiger charge is 2.17. The molecule has 0 saturated carbocycles. The van der Waals surface area contributed by atoms with Crippen LogP contribution in [0.1, 0.15) is 27.2 Å². The molecule has 0 aliphatic heterocycles. The minimum atomic E-state index is -4.62. The largest absolute Gasteiger partial charge is 0.524 e. The van der Waals surface area contributed by atoms with Gasteiger partial charge >= 0.3 is 7.82 Å². The molecule has 11 heteroatoms. The monoisotopic (exact) mass is 477 g/mol. The number of nitrogens with one attached hydrogen (secondary N) is 1. The zero-order valence-corrected chi connectivity index (χ0v) is 18.9. The smallest absolute Gasteiger partial charge is 0.404 e. The van der Waals surface area contributed by atoms with Crippen LogP contribution in [0.5, 0.6) is 5.75 Å². The molecule has 3 N–H and O–H groups in total. The van der Waals surface area contributed by atoms with Crippen LogP contribution in [0, 0.1) is 18.3 Å². The summed E-state index contributed by atoms with van der Waals surface area (Å²) in [6, 6.07) is 17.0. The molecule has 0 unspecified atom stereocenters. The predicted octanol–water partition coefficient (Wildman–Crippen LogP) is 3.58. The van der Waals surface area contributed by atoms with Gasteiger partial charge in [-0.3, -0.25) is 24.9 Å². The van der Waals surface area contributed by atoms with E-state index in [0.29, 0.717) is 35.6 Å². The number of nitriles is 1. The third-order valence-electron chi connectivity index (χ3n) is 5.05. The molecule has 0 fully saturated rings. The molecule has 4 rings (SSSR count). The van der Waals surface area contributed by atoms with Crippen LogP contribution < -0.4 is 9.84 Å². The summed E-state index contributed by atoms with van der Waals surface area (Å²) in [5.41, 5.74) is 3.85. The summed E-state index contributed by atoms with van der Waals surface area (Å²) in [6.45, 7) is 2.28.